The summed E-state index contributed by atoms with van der Waals surface area (Å²) in [5.74, 6) is 1.61. The van der Waals surface area contributed by atoms with Crippen LogP contribution in [-0.4, -0.2) is 6.61 Å². The minimum Gasteiger partial charge on any atom is -0.493 e. The summed E-state index contributed by atoms with van der Waals surface area (Å²) in [6.07, 6.45) is 3.78. The minimum absolute atomic E-state index is 0.516. The monoisotopic (exact) mass is 233 g/mol. The van der Waals surface area contributed by atoms with E-state index in [9.17, 15) is 0 Å². The van der Waals surface area contributed by atoms with Gasteiger partial charge in [0.2, 0.25) is 0 Å². The maximum Gasteiger partial charge on any atom is 0.127 e. The van der Waals surface area contributed by atoms with Gasteiger partial charge in [0.25, 0.3) is 0 Å². The Bertz CT molecular complexity index is 358. The van der Waals surface area contributed by atoms with Crippen molar-refractivity contribution in [2.75, 3.05) is 6.61 Å². The van der Waals surface area contributed by atoms with E-state index in [-0.39, 0.29) is 0 Å². The highest BCUT2D eigenvalue weighted by Gasteiger charge is 2.08. The fourth-order valence-corrected chi connectivity index (χ4v) is 1.70. The van der Waals surface area contributed by atoms with Crippen molar-refractivity contribution in [1.29, 1.82) is 0 Å². The second kappa shape index (κ2) is 7.13. The highest BCUT2D eigenvalue weighted by atomic mass is 16.5. The number of rotatable bonds is 7. The van der Waals surface area contributed by atoms with E-state index in [4.69, 9.17) is 10.5 Å². The molecule has 0 bridgehead atoms. The van der Waals surface area contributed by atoms with Crippen molar-refractivity contribution in [3.8, 4) is 5.75 Å². The molecule has 17 heavy (non-hydrogen) atoms. The summed E-state index contributed by atoms with van der Waals surface area (Å²) >= 11 is 0. The highest BCUT2D eigenvalue weighted by molar-refractivity contribution is 5.42. The van der Waals surface area contributed by atoms with Crippen molar-refractivity contribution in [2.45, 2.75) is 33.2 Å². The van der Waals surface area contributed by atoms with Crippen LogP contribution < -0.4 is 10.5 Å². The molecule has 0 aliphatic rings. The van der Waals surface area contributed by atoms with Gasteiger partial charge in [-0.2, -0.15) is 0 Å². The summed E-state index contributed by atoms with van der Waals surface area (Å²) in [4.78, 5) is 0. The molecule has 0 atom stereocenters. The van der Waals surface area contributed by atoms with Gasteiger partial charge < -0.3 is 10.5 Å². The van der Waals surface area contributed by atoms with Crippen molar-refractivity contribution in [3.63, 3.8) is 0 Å². The standard InChI is InChI=1S/C15H23NO/c1-4-6-13-7-5-8-14(11-16)15(13)17-10-9-12(2)3/h4-5,7-8,12H,1,6,9-11,16H2,2-3H3. The number of para-hydroxylation sites is 1. The van der Waals surface area contributed by atoms with Gasteiger partial charge in [-0.3, -0.25) is 0 Å². The van der Waals surface area contributed by atoms with Crippen molar-refractivity contribution in [1.82, 2.24) is 0 Å². The van der Waals surface area contributed by atoms with Gasteiger partial charge in [0.1, 0.15) is 5.75 Å². The topological polar surface area (TPSA) is 35.2 Å². The number of ether oxygens (including phenoxy) is 1. The first kappa shape index (κ1) is 13.8. The lowest BCUT2D eigenvalue weighted by Gasteiger charge is -2.15. The average Bonchev–Trinajstić information content (AvgIpc) is 2.30. The highest BCUT2D eigenvalue weighted by Crippen LogP contribution is 2.25. The van der Waals surface area contributed by atoms with Crippen molar-refractivity contribution in [3.05, 3.63) is 42.0 Å². The van der Waals surface area contributed by atoms with Crippen LogP contribution in [0.2, 0.25) is 0 Å². The van der Waals surface area contributed by atoms with Crippen LogP contribution in [-0.2, 0) is 13.0 Å². The Morgan fingerprint density at radius 1 is 1.35 bits per heavy atom. The largest absolute Gasteiger partial charge is 0.493 e. The molecule has 0 aromatic heterocycles. The molecule has 1 rings (SSSR count). The molecule has 2 N–H and O–H groups in total. The molecule has 0 amide bonds. The van der Waals surface area contributed by atoms with Crippen LogP contribution in [0.15, 0.2) is 30.9 Å². The fraction of sp³-hybridized carbons (Fsp3) is 0.467. The third kappa shape index (κ3) is 4.23. The summed E-state index contributed by atoms with van der Waals surface area (Å²) in [6, 6.07) is 6.12. The molecule has 0 aliphatic heterocycles. The van der Waals surface area contributed by atoms with Crippen LogP contribution in [0.3, 0.4) is 0 Å². The number of allylic oxidation sites excluding steroid dienone is 1. The first-order chi connectivity index (χ1) is 8.19. The maximum atomic E-state index is 5.89. The van der Waals surface area contributed by atoms with Gasteiger partial charge in [-0.1, -0.05) is 38.1 Å². The van der Waals surface area contributed by atoms with Crippen molar-refractivity contribution in [2.24, 2.45) is 11.7 Å². The Morgan fingerprint density at radius 2 is 2.06 bits per heavy atom. The molecular formula is C15H23NO. The minimum atomic E-state index is 0.516. The Morgan fingerprint density at radius 3 is 2.65 bits per heavy atom. The summed E-state index contributed by atoms with van der Waals surface area (Å²) < 4.78 is 5.89. The van der Waals surface area contributed by atoms with E-state index in [0.717, 1.165) is 30.8 Å². The van der Waals surface area contributed by atoms with E-state index in [1.165, 1.54) is 5.56 Å². The van der Waals surface area contributed by atoms with Crippen LogP contribution in [0.5, 0.6) is 5.75 Å². The van der Waals surface area contributed by atoms with Gasteiger partial charge in [0.15, 0.2) is 0 Å². The van der Waals surface area contributed by atoms with E-state index < -0.39 is 0 Å². The van der Waals surface area contributed by atoms with E-state index in [0.29, 0.717) is 12.5 Å². The molecule has 0 aliphatic carbocycles. The molecule has 0 saturated carbocycles. The summed E-state index contributed by atoms with van der Waals surface area (Å²) in [5.41, 5.74) is 7.99. The smallest absolute Gasteiger partial charge is 0.127 e. The van der Waals surface area contributed by atoms with Gasteiger partial charge in [0.05, 0.1) is 6.61 Å². The molecular weight excluding hydrogens is 210 g/mol. The Kier molecular flexibility index (Phi) is 5.78. The molecule has 0 radical (unpaired) electrons. The summed E-state index contributed by atoms with van der Waals surface area (Å²) in [7, 11) is 0. The maximum absolute atomic E-state index is 5.89. The Balaban J connectivity index is 2.80. The molecule has 0 spiro atoms. The van der Waals surface area contributed by atoms with Gasteiger partial charge in [-0.05, 0) is 24.3 Å². The van der Waals surface area contributed by atoms with Crippen molar-refractivity contribution >= 4 is 0 Å². The zero-order valence-electron chi connectivity index (χ0n) is 10.9. The SMILES string of the molecule is C=CCc1cccc(CN)c1OCCC(C)C. The zero-order chi connectivity index (χ0) is 12.7. The van der Waals surface area contributed by atoms with Crippen LogP contribution in [0.1, 0.15) is 31.4 Å². The summed E-state index contributed by atoms with van der Waals surface area (Å²) in [6.45, 7) is 9.43. The molecule has 1 aromatic carbocycles. The fourth-order valence-electron chi connectivity index (χ4n) is 1.70. The molecule has 0 heterocycles. The predicted octanol–water partition coefficient (Wildman–Crippen LogP) is 3.30. The molecule has 94 valence electrons. The van der Waals surface area contributed by atoms with Crippen LogP contribution in [0.4, 0.5) is 0 Å². The Hall–Kier alpha value is -1.28. The molecule has 0 saturated heterocycles. The van der Waals surface area contributed by atoms with Gasteiger partial charge in [-0.15, -0.1) is 6.58 Å². The molecule has 2 heteroatoms. The van der Waals surface area contributed by atoms with Crippen LogP contribution in [0, 0.1) is 5.92 Å². The van der Waals surface area contributed by atoms with E-state index in [2.05, 4.69) is 26.5 Å². The normalized spacial score (nSPS) is 10.6. The number of benzene rings is 1. The lowest BCUT2D eigenvalue weighted by molar-refractivity contribution is 0.284. The molecule has 1 aromatic rings. The second-order valence-corrected chi connectivity index (χ2v) is 4.63. The third-order valence-electron chi connectivity index (χ3n) is 2.70. The van der Waals surface area contributed by atoms with Crippen LogP contribution in [0.25, 0.3) is 0 Å². The first-order valence-corrected chi connectivity index (χ1v) is 6.23. The predicted molar refractivity (Wildman–Crippen MR) is 73.2 cm³/mol. The molecule has 2 nitrogen and oxygen atoms in total. The lowest BCUT2D eigenvalue weighted by Crippen LogP contribution is -2.07. The first-order valence-electron chi connectivity index (χ1n) is 6.23. The van der Waals surface area contributed by atoms with Gasteiger partial charge in [-0.25, -0.2) is 0 Å². The number of hydrogen-bond donors (Lipinski definition) is 1. The van der Waals surface area contributed by atoms with Gasteiger partial charge in [0, 0.05) is 12.1 Å². The zero-order valence-corrected chi connectivity index (χ0v) is 10.9. The van der Waals surface area contributed by atoms with E-state index >= 15 is 0 Å². The second-order valence-electron chi connectivity index (χ2n) is 4.63. The van der Waals surface area contributed by atoms with Gasteiger partial charge >= 0.3 is 0 Å². The van der Waals surface area contributed by atoms with E-state index in [1.807, 2.05) is 18.2 Å². The average molecular weight is 233 g/mol. The number of nitrogens with two attached hydrogens (primary N) is 1. The molecule has 0 fully saturated rings. The summed E-state index contributed by atoms with van der Waals surface area (Å²) in [5, 5.41) is 0. The molecule has 0 unspecified atom stereocenters. The van der Waals surface area contributed by atoms with E-state index in [1.54, 1.807) is 0 Å². The number of hydrogen-bond acceptors (Lipinski definition) is 2. The lowest BCUT2D eigenvalue weighted by atomic mass is 10.1. The van der Waals surface area contributed by atoms with Crippen LogP contribution >= 0.6 is 0 Å². The van der Waals surface area contributed by atoms with Crippen molar-refractivity contribution < 1.29 is 4.74 Å². The third-order valence-corrected chi connectivity index (χ3v) is 2.70. The Labute approximate surface area is 104 Å². The quantitative estimate of drug-likeness (QED) is 0.733.